The third-order valence-electron chi connectivity index (χ3n) is 6.73. The number of hydrogen-bond acceptors (Lipinski definition) is 4. The minimum Gasteiger partial charge on any atom is -0.379 e. The summed E-state index contributed by atoms with van der Waals surface area (Å²) in [5.41, 5.74) is 1.25. The summed E-state index contributed by atoms with van der Waals surface area (Å²) in [7, 11) is 2.19. The van der Waals surface area contributed by atoms with Crippen LogP contribution in [0.5, 0.6) is 0 Å². The maximum Gasteiger partial charge on any atom is 0.227 e. The highest BCUT2D eigenvalue weighted by Crippen LogP contribution is 2.43. The molecule has 1 saturated carbocycles. The summed E-state index contributed by atoms with van der Waals surface area (Å²) < 4.78 is 5.58. The minimum absolute atomic E-state index is 0.0132. The van der Waals surface area contributed by atoms with Crippen molar-refractivity contribution in [1.29, 1.82) is 0 Å². The fourth-order valence-corrected chi connectivity index (χ4v) is 4.77. The zero-order valence-electron chi connectivity index (χ0n) is 16.5. The van der Waals surface area contributed by atoms with Gasteiger partial charge in [0, 0.05) is 25.2 Å². The molecule has 3 fully saturated rings. The zero-order valence-corrected chi connectivity index (χ0v) is 16.5. The molecule has 2 heterocycles. The summed E-state index contributed by atoms with van der Waals surface area (Å²) in [4.78, 5) is 18.2. The van der Waals surface area contributed by atoms with E-state index in [0.29, 0.717) is 5.92 Å². The Morgan fingerprint density at radius 1 is 1.15 bits per heavy atom. The number of nitrogens with zero attached hydrogens (tertiary/aromatic N) is 2. The molecule has 1 aromatic carbocycles. The van der Waals surface area contributed by atoms with E-state index in [9.17, 15) is 4.79 Å². The van der Waals surface area contributed by atoms with Crippen LogP contribution in [0.3, 0.4) is 0 Å². The van der Waals surface area contributed by atoms with Crippen LogP contribution in [0.1, 0.15) is 37.2 Å². The first-order chi connectivity index (χ1) is 13.2. The van der Waals surface area contributed by atoms with Crippen LogP contribution < -0.4 is 5.32 Å². The van der Waals surface area contributed by atoms with Gasteiger partial charge >= 0.3 is 0 Å². The van der Waals surface area contributed by atoms with Gasteiger partial charge in [0.15, 0.2) is 0 Å². The number of amides is 1. The van der Waals surface area contributed by atoms with E-state index in [1.54, 1.807) is 0 Å². The average molecular weight is 372 g/mol. The lowest BCUT2D eigenvalue weighted by Crippen LogP contribution is -2.62. The molecule has 1 N–H and O–H groups in total. The highest BCUT2D eigenvalue weighted by molar-refractivity contribution is 5.84. The summed E-state index contributed by atoms with van der Waals surface area (Å²) in [6.07, 6.45) is 4.57. The molecule has 0 aromatic heterocycles. The van der Waals surface area contributed by atoms with E-state index in [1.165, 1.54) is 18.4 Å². The van der Waals surface area contributed by atoms with Gasteiger partial charge in [-0.25, -0.2) is 0 Å². The third kappa shape index (κ3) is 4.36. The van der Waals surface area contributed by atoms with Crippen molar-refractivity contribution in [3.05, 3.63) is 35.9 Å². The molecule has 1 amide bonds. The lowest BCUT2D eigenvalue weighted by atomic mass is 9.84. The van der Waals surface area contributed by atoms with E-state index in [-0.39, 0.29) is 17.4 Å². The predicted molar refractivity (Wildman–Crippen MR) is 107 cm³/mol. The molecule has 5 nitrogen and oxygen atoms in total. The Morgan fingerprint density at radius 3 is 2.44 bits per heavy atom. The largest absolute Gasteiger partial charge is 0.379 e. The molecule has 148 valence electrons. The number of nitrogens with one attached hydrogen (secondary N) is 1. The van der Waals surface area contributed by atoms with Crippen molar-refractivity contribution in [2.45, 2.75) is 37.1 Å². The number of carbonyl (C=O) groups is 1. The summed E-state index contributed by atoms with van der Waals surface area (Å²) in [5.74, 6) is 0.749. The second-order valence-corrected chi connectivity index (χ2v) is 8.57. The molecule has 3 aliphatic rings. The van der Waals surface area contributed by atoms with Gasteiger partial charge in [-0.2, -0.15) is 0 Å². The van der Waals surface area contributed by atoms with Gasteiger partial charge in [0.25, 0.3) is 0 Å². The van der Waals surface area contributed by atoms with Crippen LogP contribution in [0.15, 0.2) is 30.3 Å². The summed E-state index contributed by atoms with van der Waals surface area (Å²) in [5, 5.41) is 3.39. The van der Waals surface area contributed by atoms with Crippen LogP contribution >= 0.6 is 0 Å². The van der Waals surface area contributed by atoms with Gasteiger partial charge in [-0.3, -0.25) is 9.69 Å². The highest BCUT2D eigenvalue weighted by Gasteiger charge is 2.42. The monoisotopic (exact) mass is 371 g/mol. The molecule has 1 aromatic rings. The van der Waals surface area contributed by atoms with E-state index >= 15 is 0 Å². The lowest BCUT2D eigenvalue weighted by Gasteiger charge is -2.49. The average Bonchev–Trinajstić information content (AvgIpc) is 3.55. The van der Waals surface area contributed by atoms with Crippen molar-refractivity contribution in [2.75, 3.05) is 53.0 Å². The molecule has 0 spiro atoms. The maximum atomic E-state index is 13.2. The van der Waals surface area contributed by atoms with Crippen molar-refractivity contribution in [2.24, 2.45) is 5.92 Å². The van der Waals surface area contributed by atoms with E-state index in [1.807, 2.05) is 18.2 Å². The van der Waals surface area contributed by atoms with Gasteiger partial charge in [0.1, 0.15) is 0 Å². The van der Waals surface area contributed by atoms with Gasteiger partial charge in [-0.15, -0.1) is 0 Å². The standard InChI is InChI=1S/C22H33N3O2/c1-24-11-9-22(10-12-24,25-13-15-27-16-14-25)17-23-21(26)20(19-7-8-19)18-5-3-2-4-6-18/h2-6,19-20H,7-17H2,1H3,(H,23,26). The molecule has 0 radical (unpaired) electrons. The molecule has 2 aliphatic heterocycles. The first kappa shape index (κ1) is 18.9. The highest BCUT2D eigenvalue weighted by atomic mass is 16.5. The molecule has 4 rings (SSSR count). The first-order valence-corrected chi connectivity index (χ1v) is 10.5. The summed E-state index contributed by atoms with van der Waals surface area (Å²) >= 11 is 0. The Hall–Kier alpha value is -1.43. The number of likely N-dealkylation sites (tertiary alicyclic amines) is 1. The van der Waals surface area contributed by atoms with Gasteiger partial charge in [0.2, 0.25) is 5.91 Å². The van der Waals surface area contributed by atoms with Gasteiger partial charge in [-0.1, -0.05) is 30.3 Å². The SMILES string of the molecule is CN1CCC(CNC(=O)C(c2ccccc2)C2CC2)(N2CCOCC2)CC1. The summed E-state index contributed by atoms with van der Waals surface area (Å²) in [6.45, 7) is 6.51. The Morgan fingerprint density at radius 2 is 1.81 bits per heavy atom. The predicted octanol–water partition coefficient (Wildman–Crippen LogP) is 2.09. The van der Waals surface area contributed by atoms with Crippen molar-refractivity contribution < 1.29 is 9.53 Å². The number of rotatable bonds is 6. The number of hydrogen-bond donors (Lipinski definition) is 1. The molecule has 1 atom stereocenters. The van der Waals surface area contributed by atoms with Crippen molar-refractivity contribution in [3.63, 3.8) is 0 Å². The number of ether oxygens (including phenoxy) is 1. The third-order valence-corrected chi connectivity index (χ3v) is 6.73. The Labute approximate surface area is 163 Å². The topological polar surface area (TPSA) is 44.8 Å². The normalized spacial score (nSPS) is 25.1. The van der Waals surface area contributed by atoms with E-state index in [0.717, 1.165) is 58.8 Å². The molecule has 1 unspecified atom stereocenters. The zero-order chi connectivity index (χ0) is 18.7. The van der Waals surface area contributed by atoms with E-state index in [4.69, 9.17) is 4.74 Å². The van der Waals surface area contributed by atoms with Gasteiger partial charge in [0.05, 0.1) is 19.1 Å². The fraction of sp³-hybridized carbons (Fsp3) is 0.682. The fourth-order valence-electron chi connectivity index (χ4n) is 4.77. The van der Waals surface area contributed by atoms with Crippen LogP contribution in [0.2, 0.25) is 0 Å². The van der Waals surface area contributed by atoms with Crippen LogP contribution in [0, 0.1) is 5.92 Å². The molecular weight excluding hydrogens is 338 g/mol. The van der Waals surface area contributed by atoms with Crippen LogP contribution in [-0.4, -0.2) is 74.2 Å². The van der Waals surface area contributed by atoms with Crippen molar-refractivity contribution >= 4 is 5.91 Å². The second kappa shape index (κ2) is 8.29. The Bertz CT molecular complexity index is 618. The molecule has 27 heavy (non-hydrogen) atoms. The Balaban J connectivity index is 1.45. The number of morpholine rings is 1. The molecule has 1 aliphatic carbocycles. The number of piperidine rings is 1. The molecule has 5 heteroatoms. The molecule has 0 bridgehead atoms. The van der Waals surface area contributed by atoms with Crippen LogP contribution in [-0.2, 0) is 9.53 Å². The number of benzene rings is 1. The Kier molecular flexibility index (Phi) is 5.81. The second-order valence-electron chi connectivity index (χ2n) is 8.57. The van der Waals surface area contributed by atoms with Crippen molar-refractivity contribution in [1.82, 2.24) is 15.1 Å². The smallest absolute Gasteiger partial charge is 0.227 e. The van der Waals surface area contributed by atoms with Gasteiger partial charge < -0.3 is 15.0 Å². The van der Waals surface area contributed by atoms with Crippen LogP contribution in [0.25, 0.3) is 0 Å². The minimum atomic E-state index is 0.0132. The van der Waals surface area contributed by atoms with Crippen LogP contribution in [0.4, 0.5) is 0 Å². The number of carbonyl (C=O) groups excluding carboxylic acids is 1. The van der Waals surface area contributed by atoms with Gasteiger partial charge in [-0.05, 0) is 57.3 Å². The maximum absolute atomic E-state index is 13.2. The van der Waals surface area contributed by atoms with E-state index in [2.05, 4.69) is 34.3 Å². The first-order valence-electron chi connectivity index (χ1n) is 10.5. The molecular formula is C22H33N3O2. The quantitative estimate of drug-likeness (QED) is 0.832. The summed E-state index contributed by atoms with van der Waals surface area (Å²) in [6, 6.07) is 10.3. The van der Waals surface area contributed by atoms with E-state index < -0.39 is 0 Å². The van der Waals surface area contributed by atoms with Crippen molar-refractivity contribution in [3.8, 4) is 0 Å². The lowest BCUT2D eigenvalue weighted by molar-refractivity contribution is -0.124. The molecule has 2 saturated heterocycles.